The average molecular weight is 224 g/mol. The molecule has 0 saturated carbocycles. The molecule has 0 aromatic heterocycles. The maximum absolute atomic E-state index is 3.60. The summed E-state index contributed by atoms with van der Waals surface area (Å²) >= 11 is 0. The molecular weight excluding hydrogens is 208 g/mol. The SMILES string of the molecule is C[C@@H]1Nc2ccccc2N[C@@H]1c1ccccc1. The summed E-state index contributed by atoms with van der Waals surface area (Å²) < 4.78 is 0. The van der Waals surface area contributed by atoms with Gasteiger partial charge < -0.3 is 10.6 Å². The van der Waals surface area contributed by atoms with Crippen molar-refractivity contribution in [2.75, 3.05) is 10.6 Å². The highest BCUT2D eigenvalue weighted by Crippen LogP contribution is 2.34. The fourth-order valence-corrected chi connectivity index (χ4v) is 2.39. The van der Waals surface area contributed by atoms with Gasteiger partial charge in [-0.05, 0) is 24.6 Å². The molecule has 0 fully saturated rings. The third-order valence-electron chi connectivity index (χ3n) is 3.28. The summed E-state index contributed by atoms with van der Waals surface area (Å²) in [4.78, 5) is 0. The monoisotopic (exact) mass is 224 g/mol. The van der Waals surface area contributed by atoms with Gasteiger partial charge in [-0.2, -0.15) is 0 Å². The molecule has 1 aliphatic heterocycles. The number of rotatable bonds is 1. The fraction of sp³-hybridized carbons (Fsp3) is 0.200. The van der Waals surface area contributed by atoms with E-state index in [0.717, 1.165) is 0 Å². The van der Waals surface area contributed by atoms with Crippen molar-refractivity contribution in [3.8, 4) is 0 Å². The largest absolute Gasteiger partial charge is 0.379 e. The Morgan fingerprint density at radius 3 is 2.06 bits per heavy atom. The van der Waals surface area contributed by atoms with E-state index in [0.29, 0.717) is 12.1 Å². The molecule has 0 bridgehead atoms. The Hall–Kier alpha value is -1.96. The second-order valence-corrected chi connectivity index (χ2v) is 4.51. The van der Waals surface area contributed by atoms with Crippen molar-refractivity contribution in [2.45, 2.75) is 19.0 Å². The lowest BCUT2D eigenvalue weighted by atomic mass is 9.97. The predicted molar refractivity (Wildman–Crippen MR) is 72.3 cm³/mol. The second-order valence-electron chi connectivity index (χ2n) is 4.51. The van der Waals surface area contributed by atoms with Crippen LogP contribution in [0.25, 0.3) is 0 Å². The Labute approximate surface area is 102 Å². The highest BCUT2D eigenvalue weighted by molar-refractivity contribution is 5.72. The molecule has 0 saturated heterocycles. The van der Waals surface area contributed by atoms with Gasteiger partial charge in [0.15, 0.2) is 0 Å². The first-order valence-corrected chi connectivity index (χ1v) is 6.01. The molecule has 17 heavy (non-hydrogen) atoms. The fourth-order valence-electron chi connectivity index (χ4n) is 2.39. The second kappa shape index (κ2) is 4.13. The first-order valence-electron chi connectivity index (χ1n) is 6.01. The van der Waals surface area contributed by atoms with Gasteiger partial charge in [-0.1, -0.05) is 42.5 Å². The highest BCUT2D eigenvalue weighted by Gasteiger charge is 2.24. The Balaban J connectivity index is 1.95. The van der Waals surface area contributed by atoms with Crippen LogP contribution >= 0.6 is 0 Å². The number of fused-ring (bicyclic) bond motifs is 1. The molecule has 0 unspecified atom stereocenters. The van der Waals surface area contributed by atoms with Crippen LogP contribution in [0, 0.1) is 0 Å². The molecule has 2 aromatic rings. The summed E-state index contributed by atoms with van der Waals surface area (Å²) in [5.41, 5.74) is 3.69. The minimum Gasteiger partial charge on any atom is -0.379 e. The van der Waals surface area contributed by atoms with Gasteiger partial charge in [0.2, 0.25) is 0 Å². The molecule has 0 radical (unpaired) electrons. The van der Waals surface area contributed by atoms with Crippen LogP contribution in [0.2, 0.25) is 0 Å². The zero-order chi connectivity index (χ0) is 11.7. The molecule has 0 spiro atoms. The first-order chi connectivity index (χ1) is 8.34. The molecule has 2 atom stereocenters. The molecule has 1 heterocycles. The maximum Gasteiger partial charge on any atom is 0.0713 e. The van der Waals surface area contributed by atoms with E-state index >= 15 is 0 Å². The zero-order valence-corrected chi connectivity index (χ0v) is 9.85. The van der Waals surface area contributed by atoms with Crippen molar-refractivity contribution in [1.82, 2.24) is 0 Å². The van der Waals surface area contributed by atoms with Crippen molar-refractivity contribution in [3.63, 3.8) is 0 Å². The molecular formula is C15H16N2. The van der Waals surface area contributed by atoms with Crippen molar-refractivity contribution in [1.29, 1.82) is 0 Å². The predicted octanol–water partition coefficient (Wildman–Crippen LogP) is 3.65. The highest BCUT2D eigenvalue weighted by atomic mass is 15.1. The summed E-state index contributed by atoms with van der Waals surface area (Å²) in [5, 5.41) is 7.15. The number of nitrogens with one attached hydrogen (secondary N) is 2. The van der Waals surface area contributed by atoms with Crippen molar-refractivity contribution in [2.24, 2.45) is 0 Å². The van der Waals surface area contributed by atoms with Crippen LogP contribution in [0.4, 0.5) is 11.4 Å². The zero-order valence-electron chi connectivity index (χ0n) is 9.85. The van der Waals surface area contributed by atoms with Gasteiger partial charge in [0.1, 0.15) is 0 Å². The van der Waals surface area contributed by atoms with Crippen molar-refractivity contribution >= 4 is 11.4 Å². The molecule has 3 rings (SSSR count). The molecule has 1 aliphatic rings. The topological polar surface area (TPSA) is 24.1 Å². The Kier molecular flexibility index (Phi) is 2.48. The number of anilines is 2. The van der Waals surface area contributed by atoms with E-state index in [2.05, 4.69) is 72.2 Å². The minimum atomic E-state index is 0.325. The van der Waals surface area contributed by atoms with Gasteiger partial charge in [0.25, 0.3) is 0 Å². The summed E-state index contributed by atoms with van der Waals surface area (Å²) in [6, 6.07) is 19.6. The molecule has 2 aromatic carbocycles. The van der Waals surface area contributed by atoms with Crippen LogP contribution in [-0.2, 0) is 0 Å². The molecule has 86 valence electrons. The van der Waals surface area contributed by atoms with Crippen LogP contribution in [0.1, 0.15) is 18.5 Å². The van der Waals surface area contributed by atoms with Gasteiger partial charge in [-0.3, -0.25) is 0 Å². The van der Waals surface area contributed by atoms with E-state index in [-0.39, 0.29) is 0 Å². The van der Waals surface area contributed by atoms with E-state index in [9.17, 15) is 0 Å². The molecule has 0 aliphatic carbocycles. The Morgan fingerprint density at radius 1 is 0.765 bits per heavy atom. The van der Waals surface area contributed by atoms with E-state index in [4.69, 9.17) is 0 Å². The third kappa shape index (κ3) is 1.86. The molecule has 2 N–H and O–H groups in total. The minimum absolute atomic E-state index is 0.325. The van der Waals surface area contributed by atoms with Gasteiger partial charge in [-0.15, -0.1) is 0 Å². The third-order valence-corrected chi connectivity index (χ3v) is 3.28. The first kappa shape index (κ1) is 10.2. The lowest BCUT2D eigenvalue weighted by Crippen LogP contribution is -2.34. The van der Waals surface area contributed by atoms with Crippen LogP contribution in [0.5, 0.6) is 0 Å². The number of hydrogen-bond acceptors (Lipinski definition) is 2. The van der Waals surface area contributed by atoms with Gasteiger partial charge >= 0.3 is 0 Å². The number of hydrogen-bond donors (Lipinski definition) is 2. The summed E-state index contributed by atoms with van der Waals surface area (Å²) in [5.74, 6) is 0. The van der Waals surface area contributed by atoms with Crippen molar-refractivity contribution < 1.29 is 0 Å². The smallest absolute Gasteiger partial charge is 0.0713 e. The Bertz CT molecular complexity index is 507. The summed E-state index contributed by atoms with van der Waals surface area (Å²) in [6.45, 7) is 2.21. The van der Waals surface area contributed by atoms with E-state index < -0.39 is 0 Å². The van der Waals surface area contributed by atoms with Crippen molar-refractivity contribution in [3.05, 3.63) is 60.2 Å². The van der Waals surface area contributed by atoms with Crippen LogP contribution in [-0.4, -0.2) is 6.04 Å². The lowest BCUT2D eigenvalue weighted by Gasteiger charge is -2.34. The average Bonchev–Trinajstić information content (AvgIpc) is 2.39. The number of benzene rings is 2. The quantitative estimate of drug-likeness (QED) is 0.772. The van der Waals surface area contributed by atoms with E-state index in [1.54, 1.807) is 0 Å². The lowest BCUT2D eigenvalue weighted by molar-refractivity contribution is 0.650. The van der Waals surface area contributed by atoms with Crippen LogP contribution in [0.3, 0.4) is 0 Å². The van der Waals surface area contributed by atoms with Gasteiger partial charge in [0, 0.05) is 6.04 Å². The van der Waals surface area contributed by atoms with Gasteiger partial charge in [0.05, 0.1) is 17.4 Å². The summed E-state index contributed by atoms with van der Waals surface area (Å²) in [7, 11) is 0. The maximum atomic E-state index is 3.60. The standard InChI is InChI=1S/C15H16N2/c1-11-15(12-7-3-2-4-8-12)17-14-10-6-5-9-13(14)16-11/h2-11,15-17H,1H3/t11-,15-/m0/s1. The molecule has 0 amide bonds. The number of para-hydroxylation sites is 2. The van der Waals surface area contributed by atoms with E-state index in [1.807, 2.05) is 0 Å². The van der Waals surface area contributed by atoms with Crippen LogP contribution in [0.15, 0.2) is 54.6 Å². The normalized spacial score (nSPS) is 22.2. The molecule has 2 nitrogen and oxygen atoms in total. The van der Waals surface area contributed by atoms with E-state index in [1.165, 1.54) is 16.9 Å². The molecule has 2 heteroatoms. The van der Waals surface area contributed by atoms with Gasteiger partial charge in [-0.25, -0.2) is 0 Å². The summed E-state index contributed by atoms with van der Waals surface area (Å²) in [6.07, 6.45) is 0. The Morgan fingerprint density at radius 2 is 1.35 bits per heavy atom. The van der Waals surface area contributed by atoms with Crippen LogP contribution < -0.4 is 10.6 Å².